The van der Waals surface area contributed by atoms with Crippen molar-refractivity contribution in [2.45, 2.75) is 6.42 Å². The first-order valence-electron chi connectivity index (χ1n) is 4.85. The lowest BCUT2D eigenvalue weighted by atomic mass is 10.2. The van der Waals surface area contributed by atoms with Crippen molar-refractivity contribution in [1.82, 2.24) is 0 Å². The Labute approximate surface area is 92.5 Å². The smallest absolute Gasteiger partial charge is 0.118 e. The van der Waals surface area contributed by atoms with Crippen LogP contribution >= 0.6 is 0 Å². The number of hydrogen-bond acceptors (Lipinski definition) is 3. The highest BCUT2D eigenvalue weighted by Crippen LogP contribution is 2.11. The van der Waals surface area contributed by atoms with Gasteiger partial charge in [0.25, 0.3) is 0 Å². The molecule has 0 aliphatic carbocycles. The molecule has 0 aliphatic heterocycles. The summed E-state index contributed by atoms with van der Waals surface area (Å²) in [6.45, 7) is -0.00474. The van der Waals surface area contributed by atoms with Gasteiger partial charge in [-0.25, -0.2) is 0 Å². The molecule has 1 N–H and O–H groups in total. The molecule has 15 heavy (non-hydrogen) atoms. The second-order valence-corrected chi connectivity index (χ2v) is 4.87. The average molecular weight is 228 g/mol. The highest BCUT2D eigenvalue weighted by atomic mass is 32.2. The third-order valence-corrected chi connectivity index (χ3v) is 3.39. The van der Waals surface area contributed by atoms with Crippen LogP contribution in [0.3, 0.4) is 0 Å². The molecule has 0 aromatic heterocycles. The van der Waals surface area contributed by atoms with Gasteiger partial charge < -0.3 is 9.84 Å². The first-order valence-corrected chi connectivity index (χ1v) is 6.34. The van der Waals surface area contributed by atoms with Crippen LogP contribution in [0.5, 0.6) is 5.75 Å². The van der Waals surface area contributed by atoms with Crippen molar-refractivity contribution in [3.8, 4) is 5.75 Å². The van der Waals surface area contributed by atoms with Crippen molar-refractivity contribution in [1.29, 1.82) is 0 Å². The SMILES string of the molecule is COc1ccc(CCS(=O)CCO)cc1. The van der Waals surface area contributed by atoms with Crippen LogP contribution < -0.4 is 4.74 Å². The summed E-state index contributed by atoms with van der Waals surface area (Å²) in [6.07, 6.45) is 0.774. The largest absolute Gasteiger partial charge is 0.497 e. The summed E-state index contributed by atoms with van der Waals surface area (Å²) in [7, 11) is 0.721. The predicted octanol–water partition coefficient (Wildman–Crippen LogP) is 0.979. The first kappa shape index (κ1) is 12.2. The third kappa shape index (κ3) is 4.44. The van der Waals surface area contributed by atoms with Crippen LogP contribution in [0.4, 0.5) is 0 Å². The van der Waals surface area contributed by atoms with E-state index in [-0.39, 0.29) is 6.61 Å². The fourth-order valence-corrected chi connectivity index (χ4v) is 2.10. The summed E-state index contributed by atoms with van der Waals surface area (Å²) < 4.78 is 16.3. The molecule has 0 fully saturated rings. The molecule has 1 atom stereocenters. The van der Waals surface area contributed by atoms with Gasteiger partial charge in [-0.05, 0) is 24.1 Å². The number of methoxy groups -OCH3 is 1. The van der Waals surface area contributed by atoms with Crippen LogP contribution in [0.2, 0.25) is 0 Å². The van der Waals surface area contributed by atoms with Crippen molar-refractivity contribution < 1.29 is 14.1 Å². The fraction of sp³-hybridized carbons (Fsp3) is 0.455. The maximum atomic E-state index is 11.3. The Morgan fingerprint density at radius 1 is 1.27 bits per heavy atom. The number of aliphatic hydroxyl groups excluding tert-OH is 1. The minimum atomic E-state index is -0.909. The van der Waals surface area contributed by atoms with Gasteiger partial charge >= 0.3 is 0 Å². The highest BCUT2D eigenvalue weighted by Gasteiger charge is 2.00. The molecule has 84 valence electrons. The lowest BCUT2D eigenvalue weighted by Gasteiger charge is -2.03. The molecule has 0 saturated carbocycles. The summed E-state index contributed by atoms with van der Waals surface area (Å²) in [5.41, 5.74) is 1.14. The van der Waals surface area contributed by atoms with Crippen molar-refractivity contribution in [2.75, 3.05) is 25.2 Å². The second-order valence-electron chi connectivity index (χ2n) is 3.17. The highest BCUT2D eigenvalue weighted by molar-refractivity contribution is 7.84. The van der Waals surface area contributed by atoms with Gasteiger partial charge in [-0.15, -0.1) is 0 Å². The Morgan fingerprint density at radius 3 is 2.47 bits per heavy atom. The van der Waals surface area contributed by atoms with Gasteiger partial charge in [0.1, 0.15) is 5.75 Å². The fourth-order valence-electron chi connectivity index (χ4n) is 1.23. The van der Waals surface area contributed by atoms with Crippen LogP contribution in [-0.4, -0.2) is 34.5 Å². The van der Waals surface area contributed by atoms with Crippen molar-refractivity contribution in [2.24, 2.45) is 0 Å². The lowest BCUT2D eigenvalue weighted by Crippen LogP contribution is -2.08. The quantitative estimate of drug-likeness (QED) is 0.789. The Hall–Kier alpha value is -0.870. The van der Waals surface area contributed by atoms with E-state index in [0.29, 0.717) is 11.5 Å². The van der Waals surface area contributed by atoms with Crippen molar-refractivity contribution in [3.63, 3.8) is 0 Å². The molecule has 1 unspecified atom stereocenters. The zero-order valence-corrected chi connectivity index (χ0v) is 9.63. The van der Waals surface area contributed by atoms with Crippen molar-refractivity contribution >= 4 is 10.8 Å². The van der Waals surface area contributed by atoms with Gasteiger partial charge in [-0.2, -0.15) is 0 Å². The third-order valence-electron chi connectivity index (χ3n) is 2.10. The van der Waals surface area contributed by atoms with Crippen LogP contribution in [0.15, 0.2) is 24.3 Å². The van der Waals surface area contributed by atoms with Crippen LogP contribution in [-0.2, 0) is 17.2 Å². The number of benzene rings is 1. The van der Waals surface area contributed by atoms with E-state index in [9.17, 15) is 4.21 Å². The van der Waals surface area contributed by atoms with Gasteiger partial charge in [-0.1, -0.05) is 12.1 Å². The van der Waals surface area contributed by atoms with Gasteiger partial charge in [0.05, 0.1) is 13.7 Å². The summed E-state index contributed by atoms with van der Waals surface area (Å²) in [5, 5.41) is 8.59. The van der Waals surface area contributed by atoms with Gasteiger partial charge in [0.15, 0.2) is 0 Å². The Morgan fingerprint density at radius 2 is 1.93 bits per heavy atom. The van der Waals surface area contributed by atoms with Gasteiger partial charge in [0.2, 0.25) is 0 Å². The number of hydrogen-bond donors (Lipinski definition) is 1. The molecule has 0 heterocycles. The Bertz CT molecular complexity index is 308. The van der Waals surface area contributed by atoms with Crippen LogP contribution in [0.25, 0.3) is 0 Å². The standard InChI is InChI=1S/C11H16O3S/c1-14-11-4-2-10(3-5-11)6-8-15(13)9-7-12/h2-5,12H,6-9H2,1H3. The van der Waals surface area contributed by atoms with E-state index in [0.717, 1.165) is 17.7 Å². The molecule has 0 amide bonds. The summed E-state index contributed by atoms with van der Waals surface area (Å²) in [4.78, 5) is 0. The van der Waals surface area contributed by atoms with Crippen molar-refractivity contribution in [3.05, 3.63) is 29.8 Å². The van der Waals surface area contributed by atoms with E-state index >= 15 is 0 Å². The monoisotopic (exact) mass is 228 g/mol. The molecule has 0 saturated heterocycles. The summed E-state index contributed by atoms with van der Waals surface area (Å²) >= 11 is 0. The molecule has 3 nitrogen and oxygen atoms in total. The molecular weight excluding hydrogens is 212 g/mol. The van der Waals surface area contributed by atoms with E-state index in [1.54, 1.807) is 7.11 Å². The molecule has 0 bridgehead atoms. The maximum Gasteiger partial charge on any atom is 0.118 e. The molecule has 1 rings (SSSR count). The molecule has 0 spiro atoms. The minimum absolute atomic E-state index is 0.00474. The van der Waals surface area contributed by atoms with E-state index in [1.807, 2.05) is 24.3 Å². The van der Waals surface area contributed by atoms with E-state index in [4.69, 9.17) is 9.84 Å². The molecular formula is C11H16O3S. The second kappa shape index (κ2) is 6.58. The van der Waals surface area contributed by atoms with E-state index in [2.05, 4.69) is 0 Å². The molecule has 0 aliphatic rings. The minimum Gasteiger partial charge on any atom is -0.497 e. The zero-order valence-electron chi connectivity index (χ0n) is 8.81. The predicted molar refractivity (Wildman–Crippen MR) is 61.7 cm³/mol. The average Bonchev–Trinajstić information content (AvgIpc) is 2.27. The number of ether oxygens (including phenoxy) is 1. The van der Waals surface area contributed by atoms with Gasteiger partial charge in [-0.3, -0.25) is 4.21 Å². The van der Waals surface area contributed by atoms with Gasteiger partial charge in [0, 0.05) is 22.3 Å². The normalized spacial score (nSPS) is 12.4. The maximum absolute atomic E-state index is 11.3. The first-order chi connectivity index (χ1) is 7.26. The molecule has 4 heteroatoms. The van der Waals surface area contributed by atoms with Crippen LogP contribution in [0, 0.1) is 0 Å². The summed E-state index contributed by atoms with van der Waals surface area (Å²) in [6, 6.07) is 7.72. The number of aliphatic hydroxyl groups is 1. The Balaban J connectivity index is 2.40. The van der Waals surface area contributed by atoms with E-state index in [1.165, 1.54) is 0 Å². The molecule has 1 aromatic rings. The van der Waals surface area contributed by atoms with E-state index < -0.39 is 10.8 Å². The number of rotatable bonds is 6. The van der Waals surface area contributed by atoms with Crippen LogP contribution in [0.1, 0.15) is 5.56 Å². The topological polar surface area (TPSA) is 46.5 Å². The Kier molecular flexibility index (Phi) is 5.36. The molecule has 0 radical (unpaired) electrons. The summed E-state index contributed by atoms with van der Waals surface area (Å²) in [5.74, 6) is 1.80. The zero-order chi connectivity index (χ0) is 11.1. The lowest BCUT2D eigenvalue weighted by molar-refractivity contribution is 0.321. The molecule has 1 aromatic carbocycles. The number of aryl methyl sites for hydroxylation is 1.